The normalized spacial score (nSPS) is 10.9. The van der Waals surface area contributed by atoms with Gasteiger partial charge in [0.25, 0.3) is 0 Å². The van der Waals surface area contributed by atoms with Crippen LogP contribution in [0.5, 0.6) is 0 Å². The molecule has 1 N–H and O–H groups in total. The van der Waals surface area contributed by atoms with Crippen LogP contribution in [0.3, 0.4) is 0 Å². The van der Waals surface area contributed by atoms with Gasteiger partial charge in [0.05, 0.1) is 0 Å². The van der Waals surface area contributed by atoms with Crippen LogP contribution in [0.4, 0.5) is 0 Å². The summed E-state index contributed by atoms with van der Waals surface area (Å²) in [5.74, 6) is 1.41. The molecule has 18 heavy (non-hydrogen) atoms. The number of benzene rings is 1. The first-order chi connectivity index (χ1) is 8.67. The van der Waals surface area contributed by atoms with Crippen molar-refractivity contribution in [1.29, 1.82) is 0 Å². The molecule has 4 nitrogen and oxygen atoms in total. The number of aryl methyl sites for hydroxylation is 1. The van der Waals surface area contributed by atoms with Crippen LogP contribution in [0.15, 0.2) is 22.7 Å². The quantitative estimate of drug-likeness (QED) is 0.944. The van der Waals surface area contributed by atoms with E-state index in [1.54, 1.807) is 0 Å². The Hall–Kier alpha value is -1.20. The Morgan fingerprint density at radius 1 is 1.33 bits per heavy atom. The molecule has 0 aliphatic rings. The highest BCUT2D eigenvalue weighted by Crippen LogP contribution is 2.28. The van der Waals surface area contributed by atoms with E-state index in [9.17, 15) is 5.11 Å². The largest absolute Gasteiger partial charge is 0.388 e. The molecule has 0 saturated carbocycles. The molecule has 0 unspecified atom stereocenters. The number of aromatic nitrogens is 3. The Labute approximate surface area is 115 Å². The number of hydrogen-bond donors (Lipinski definition) is 1. The monoisotopic (exact) mass is 309 g/mol. The number of rotatable bonds is 4. The van der Waals surface area contributed by atoms with Crippen molar-refractivity contribution in [1.82, 2.24) is 14.8 Å². The average molecular weight is 310 g/mol. The zero-order chi connectivity index (χ0) is 13.1. The van der Waals surface area contributed by atoms with Crippen LogP contribution in [0.2, 0.25) is 0 Å². The van der Waals surface area contributed by atoms with Crippen LogP contribution >= 0.6 is 15.9 Å². The highest BCUT2D eigenvalue weighted by Gasteiger charge is 2.14. The third-order valence-corrected chi connectivity index (χ3v) is 3.47. The summed E-state index contributed by atoms with van der Waals surface area (Å²) < 4.78 is 2.96. The summed E-state index contributed by atoms with van der Waals surface area (Å²) in [5.41, 5.74) is 2.18. The summed E-state index contributed by atoms with van der Waals surface area (Å²) in [6.07, 6.45) is 0.974. The van der Waals surface area contributed by atoms with Crippen LogP contribution in [0.1, 0.15) is 24.7 Å². The van der Waals surface area contributed by atoms with Gasteiger partial charge in [0.15, 0.2) is 11.6 Å². The van der Waals surface area contributed by atoms with Gasteiger partial charge in [0, 0.05) is 16.6 Å². The van der Waals surface area contributed by atoms with E-state index >= 15 is 0 Å². The van der Waals surface area contributed by atoms with E-state index in [1.165, 1.54) is 5.56 Å². The van der Waals surface area contributed by atoms with E-state index in [2.05, 4.69) is 39.1 Å². The predicted molar refractivity (Wildman–Crippen MR) is 74.1 cm³/mol. The maximum absolute atomic E-state index is 9.29. The molecule has 5 heteroatoms. The zero-order valence-electron chi connectivity index (χ0n) is 10.5. The van der Waals surface area contributed by atoms with Crippen molar-refractivity contribution >= 4 is 15.9 Å². The molecule has 0 atom stereocenters. The lowest BCUT2D eigenvalue weighted by atomic mass is 10.1. The maximum Gasteiger partial charge on any atom is 0.165 e. The molecule has 0 aliphatic carbocycles. The average Bonchev–Trinajstić information content (AvgIpc) is 2.76. The summed E-state index contributed by atoms with van der Waals surface area (Å²) in [4.78, 5) is 0. The van der Waals surface area contributed by atoms with Gasteiger partial charge in [0.2, 0.25) is 0 Å². The topological polar surface area (TPSA) is 50.9 Å². The first-order valence-electron chi connectivity index (χ1n) is 5.96. The van der Waals surface area contributed by atoms with Crippen molar-refractivity contribution in [2.24, 2.45) is 0 Å². The molecule has 2 aromatic rings. The highest BCUT2D eigenvalue weighted by atomic mass is 79.9. The second-order valence-electron chi connectivity index (χ2n) is 4.23. The van der Waals surface area contributed by atoms with Gasteiger partial charge >= 0.3 is 0 Å². The lowest BCUT2D eigenvalue weighted by Gasteiger charge is -2.09. The van der Waals surface area contributed by atoms with Gasteiger partial charge in [-0.3, -0.25) is 0 Å². The molecule has 1 aromatic carbocycles. The van der Waals surface area contributed by atoms with Crippen molar-refractivity contribution < 1.29 is 5.11 Å². The summed E-state index contributed by atoms with van der Waals surface area (Å²) in [6, 6.07) is 6.12. The van der Waals surface area contributed by atoms with Crippen molar-refractivity contribution in [3.05, 3.63) is 34.1 Å². The van der Waals surface area contributed by atoms with Gasteiger partial charge < -0.3 is 9.67 Å². The summed E-state index contributed by atoms with van der Waals surface area (Å²) >= 11 is 3.54. The van der Waals surface area contributed by atoms with E-state index in [0.29, 0.717) is 5.82 Å². The standard InChI is InChI=1S/C13H16BrN3O/c1-3-6-17-12(8-18)15-16-13(17)10-7-9(2)4-5-11(10)14/h4-5,7,18H,3,6,8H2,1-2H3. The molecule has 2 rings (SSSR count). The Balaban J connectivity index is 2.56. The van der Waals surface area contributed by atoms with E-state index in [4.69, 9.17) is 0 Å². The van der Waals surface area contributed by atoms with Crippen LogP contribution in [0, 0.1) is 6.92 Å². The highest BCUT2D eigenvalue weighted by molar-refractivity contribution is 9.10. The van der Waals surface area contributed by atoms with Gasteiger partial charge in [-0.25, -0.2) is 0 Å². The minimum absolute atomic E-state index is 0.0869. The van der Waals surface area contributed by atoms with Gasteiger partial charge in [-0.1, -0.05) is 34.5 Å². The summed E-state index contributed by atoms with van der Waals surface area (Å²) in [5, 5.41) is 17.5. The van der Waals surface area contributed by atoms with Crippen molar-refractivity contribution in [2.75, 3.05) is 0 Å². The second-order valence-corrected chi connectivity index (χ2v) is 5.09. The molecule has 1 aromatic heterocycles. The molecule has 96 valence electrons. The third kappa shape index (κ3) is 2.47. The van der Waals surface area contributed by atoms with Crippen LogP contribution in [-0.2, 0) is 13.2 Å². The summed E-state index contributed by atoms with van der Waals surface area (Å²) in [6.45, 7) is 4.86. The van der Waals surface area contributed by atoms with Crippen LogP contribution in [-0.4, -0.2) is 19.9 Å². The summed E-state index contributed by atoms with van der Waals surface area (Å²) in [7, 11) is 0. The maximum atomic E-state index is 9.29. The van der Waals surface area contributed by atoms with E-state index in [0.717, 1.165) is 28.8 Å². The number of halogens is 1. The van der Waals surface area contributed by atoms with Gasteiger partial charge in [0.1, 0.15) is 6.61 Å². The van der Waals surface area contributed by atoms with Crippen molar-refractivity contribution in [3.8, 4) is 11.4 Å². The molecular formula is C13H16BrN3O. The molecule has 0 spiro atoms. The SMILES string of the molecule is CCCn1c(CO)nnc1-c1cc(C)ccc1Br. The first-order valence-corrected chi connectivity index (χ1v) is 6.76. The van der Waals surface area contributed by atoms with Gasteiger partial charge in [-0.05, 0) is 25.5 Å². The second kappa shape index (κ2) is 5.63. The van der Waals surface area contributed by atoms with Crippen LogP contribution < -0.4 is 0 Å². The van der Waals surface area contributed by atoms with Gasteiger partial charge in [-0.15, -0.1) is 10.2 Å². The Kier molecular flexibility index (Phi) is 4.14. The van der Waals surface area contributed by atoms with Crippen LogP contribution in [0.25, 0.3) is 11.4 Å². The number of aliphatic hydroxyl groups excluding tert-OH is 1. The lowest BCUT2D eigenvalue weighted by Crippen LogP contribution is -2.05. The zero-order valence-corrected chi connectivity index (χ0v) is 12.1. The van der Waals surface area contributed by atoms with E-state index in [-0.39, 0.29) is 6.61 Å². The van der Waals surface area contributed by atoms with Gasteiger partial charge in [-0.2, -0.15) is 0 Å². The fourth-order valence-electron chi connectivity index (χ4n) is 1.92. The fraction of sp³-hybridized carbons (Fsp3) is 0.385. The first kappa shape index (κ1) is 13.2. The lowest BCUT2D eigenvalue weighted by molar-refractivity contribution is 0.264. The van der Waals surface area contributed by atoms with Crippen molar-refractivity contribution in [2.45, 2.75) is 33.4 Å². The molecule has 0 radical (unpaired) electrons. The Morgan fingerprint density at radius 3 is 2.78 bits per heavy atom. The minimum Gasteiger partial charge on any atom is -0.388 e. The molecule has 0 fully saturated rings. The Morgan fingerprint density at radius 2 is 2.11 bits per heavy atom. The number of aliphatic hydroxyl groups is 1. The number of nitrogens with zero attached hydrogens (tertiary/aromatic N) is 3. The molecule has 1 heterocycles. The minimum atomic E-state index is -0.0869. The molecule has 0 bridgehead atoms. The number of hydrogen-bond acceptors (Lipinski definition) is 3. The molecule has 0 amide bonds. The van der Waals surface area contributed by atoms with Crippen molar-refractivity contribution in [3.63, 3.8) is 0 Å². The van der Waals surface area contributed by atoms with E-state index in [1.807, 2.05) is 23.6 Å². The molecule has 0 aliphatic heterocycles. The predicted octanol–water partition coefficient (Wildman–Crippen LogP) is 2.92. The van der Waals surface area contributed by atoms with E-state index < -0.39 is 0 Å². The molecule has 0 saturated heterocycles. The third-order valence-electron chi connectivity index (χ3n) is 2.78. The fourth-order valence-corrected chi connectivity index (χ4v) is 2.34. The molecular weight excluding hydrogens is 294 g/mol. The Bertz CT molecular complexity index is 551. The smallest absolute Gasteiger partial charge is 0.165 e.